The van der Waals surface area contributed by atoms with E-state index in [1.165, 1.54) is 0 Å². The Morgan fingerprint density at radius 1 is 1.37 bits per heavy atom. The lowest BCUT2D eigenvalue weighted by Gasteiger charge is -2.12. The summed E-state index contributed by atoms with van der Waals surface area (Å²) >= 11 is 3.28. The number of hydrogen-bond acceptors (Lipinski definition) is 4. The first-order valence-corrected chi connectivity index (χ1v) is 8.14. The largest absolute Gasteiger partial charge is 0.325 e. The Labute approximate surface area is 122 Å². The van der Waals surface area contributed by atoms with Gasteiger partial charge in [0.1, 0.15) is 4.38 Å². The molecule has 5 heteroatoms. The number of rotatable bonds is 3. The molecule has 3 nitrogen and oxygen atoms in total. The fourth-order valence-corrected chi connectivity index (χ4v) is 4.01. The summed E-state index contributed by atoms with van der Waals surface area (Å²) in [6.07, 6.45) is 0. The van der Waals surface area contributed by atoms with E-state index >= 15 is 0 Å². The van der Waals surface area contributed by atoms with Gasteiger partial charge in [-0.1, -0.05) is 29.6 Å². The van der Waals surface area contributed by atoms with Gasteiger partial charge >= 0.3 is 0 Å². The summed E-state index contributed by atoms with van der Waals surface area (Å²) in [7, 11) is 0. The number of thioether (sulfide) groups is 2. The van der Waals surface area contributed by atoms with E-state index in [-0.39, 0.29) is 11.2 Å². The summed E-state index contributed by atoms with van der Waals surface area (Å²) in [5.74, 6) is 1.07. The topological polar surface area (TPSA) is 41.5 Å². The maximum absolute atomic E-state index is 12.1. The van der Waals surface area contributed by atoms with Crippen molar-refractivity contribution >= 4 is 39.5 Å². The van der Waals surface area contributed by atoms with Crippen LogP contribution in [0.15, 0.2) is 23.2 Å². The van der Waals surface area contributed by atoms with Crippen molar-refractivity contribution in [3.05, 3.63) is 29.3 Å². The van der Waals surface area contributed by atoms with E-state index in [0.29, 0.717) is 0 Å². The van der Waals surface area contributed by atoms with E-state index in [1.807, 2.05) is 32.9 Å². The molecule has 2 rings (SSSR count). The van der Waals surface area contributed by atoms with E-state index < -0.39 is 0 Å². The van der Waals surface area contributed by atoms with Gasteiger partial charge in [0.25, 0.3) is 0 Å². The van der Waals surface area contributed by atoms with Crippen LogP contribution in [0, 0.1) is 13.8 Å². The third kappa shape index (κ3) is 4.28. The van der Waals surface area contributed by atoms with Gasteiger partial charge in [-0.15, -0.1) is 0 Å². The van der Waals surface area contributed by atoms with Crippen molar-refractivity contribution in [2.24, 2.45) is 4.99 Å². The van der Waals surface area contributed by atoms with E-state index in [2.05, 4.69) is 16.4 Å². The summed E-state index contributed by atoms with van der Waals surface area (Å²) in [5, 5.41) is 2.85. The minimum Gasteiger partial charge on any atom is -0.325 e. The van der Waals surface area contributed by atoms with Crippen molar-refractivity contribution in [2.75, 3.05) is 17.6 Å². The van der Waals surface area contributed by atoms with Gasteiger partial charge in [-0.05, 0) is 44.0 Å². The number of aryl methyl sites for hydroxylation is 2. The average Bonchev–Trinajstić information content (AvgIpc) is 2.80. The molecule has 0 aliphatic carbocycles. The lowest BCUT2D eigenvalue weighted by Crippen LogP contribution is -2.23. The molecule has 1 aliphatic rings. The zero-order valence-corrected chi connectivity index (χ0v) is 13.0. The van der Waals surface area contributed by atoms with Crippen molar-refractivity contribution in [2.45, 2.75) is 26.0 Å². The second kappa shape index (κ2) is 6.48. The third-order valence-corrected chi connectivity index (χ3v) is 5.00. The Morgan fingerprint density at radius 3 is 2.63 bits per heavy atom. The lowest BCUT2D eigenvalue weighted by atomic mass is 10.1. The van der Waals surface area contributed by atoms with Gasteiger partial charge in [-0.25, -0.2) is 0 Å². The Kier molecular flexibility index (Phi) is 4.93. The molecule has 1 amide bonds. The predicted molar refractivity (Wildman–Crippen MR) is 86.4 cm³/mol. The maximum Gasteiger partial charge on any atom is 0.237 e. The average molecular weight is 294 g/mol. The van der Waals surface area contributed by atoms with Crippen molar-refractivity contribution in [3.63, 3.8) is 0 Å². The molecule has 1 aromatic rings. The molecule has 0 fully saturated rings. The van der Waals surface area contributed by atoms with E-state index in [1.54, 1.807) is 23.5 Å². The molecule has 0 radical (unpaired) electrons. The van der Waals surface area contributed by atoms with Crippen LogP contribution in [0.3, 0.4) is 0 Å². The number of carbonyl (C=O) groups is 1. The smallest absolute Gasteiger partial charge is 0.237 e. The molecule has 1 atom stereocenters. The van der Waals surface area contributed by atoms with Gasteiger partial charge in [0.05, 0.1) is 11.8 Å². The first-order chi connectivity index (χ1) is 9.04. The first kappa shape index (κ1) is 14.5. The number of anilines is 1. The molecule has 0 bridgehead atoms. The monoisotopic (exact) mass is 294 g/mol. The van der Waals surface area contributed by atoms with Crippen LogP contribution < -0.4 is 5.32 Å². The molecule has 1 N–H and O–H groups in total. The van der Waals surface area contributed by atoms with Gasteiger partial charge < -0.3 is 5.32 Å². The van der Waals surface area contributed by atoms with Crippen molar-refractivity contribution in [3.8, 4) is 0 Å². The molecule has 19 heavy (non-hydrogen) atoms. The zero-order valence-electron chi connectivity index (χ0n) is 11.4. The Morgan fingerprint density at radius 2 is 2.05 bits per heavy atom. The number of hydrogen-bond donors (Lipinski definition) is 1. The van der Waals surface area contributed by atoms with Gasteiger partial charge in [-0.3, -0.25) is 9.79 Å². The summed E-state index contributed by atoms with van der Waals surface area (Å²) < 4.78 is 1.03. The molecule has 1 heterocycles. The number of benzene rings is 1. The summed E-state index contributed by atoms with van der Waals surface area (Å²) in [5.41, 5.74) is 3.19. The van der Waals surface area contributed by atoms with Crippen LogP contribution in [0.25, 0.3) is 0 Å². The normalized spacial score (nSPS) is 16.1. The van der Waals surface area contributed by atoms with Gasteiger partial charge in [0.15, 0.2) is 0 Å². The molecule has 1 unspecified atom stereocenters. The molecule has 0 spiro atoms. The van der Waals surface area contributed by atoms with E-state index in [4.69, 9.17) is 0 Å². The number of nitrogens with one attached hydrogen (secondary N) is 1. The number of nitrogens with zero attached hydrogens (tertiary/aromatic N) is 1. The van der Waals surface area contributed by atoms with Crippen molar-refractivity contribution in [1.82, 2.24) is 0 Å². The zero-order chi connectivity index (χ0) is 13.8. The van der Waals surface area contributed by atoms with Gasteiger partial charge in [0, 0.05) is 11.4 Å². The fraction of sp³-hybridized carbons (Fsp3) is 0.429. The minimum atomic E-state index is -0.120. The molecule has 1 aliphatic heterocycles. The predicted octanol–water partition coefficient (Wildman–Crippen LogP) is 3.47. The SMILES string of the molecule is Cc1cc(C)cc(NC(=O)C(C)SC2=NCCS2)c1. The summed E-state index contributed by atoms with van der Waals surface area (Å²) in [6.45, 7) is 6.86. The fourth-order valence-electron chi connectivity index (χ4n) is 1.88. The van der Waals surface area contributed by atoms with Gasteiger partial charge in [0.2, 0.25) is 5.91 Å². The highest BCUT2D eigenvalue weighted by molar-refractivity contribution is 8.39. The molecule has 0 aromatic heterocycles. The number of amides is 1. The highest BCUT2D eigenvalue weighted by Gasteiger charge is 2.18. The van der Waals surface area contributed by atoms with Crippen LogP contribution in [-0.4, -0.2) is 27.8 Å². The summed E-state index contributed by atoms with van der Waals surface area (Å²) in [6, 6.07) is 6.08. The molecule has 102 valence electrons. The highest BCUT2D eigenvalue weighted by Crippen LogP contribution is 2.26. The van der Waals surface area contributed by atoms with Crippen molar-refractivity contribution in [1.29, 1.82) is 0 Å². The Hall–Kier alpha value is -0.940. The van der Waals surface area contributed by atoms with Crippen LogP contribution in [0.2, 0.25) is 0 Å². The van der Waals surface area contributed by atoms with Crippen LogP contribution in [0.1, 0.15) is 18.1 Å². The molecule has 1 aromatic carbocycles. The summed E-state index contributed by atoms with van der Waals surface area (Å²) in [4.78, 5) is 16.5. The lowest BCUT2D eigenvalue weighted by molar-refractivity contribution is -0.115. The van der Waals surface area contributed by atoms with Crippen LogP contribution in [0.4, 0.5) is 5.69 Å². The first-order valence-electron chi connectivity index (χ1n) is 6.27. The Balaban J connectivity index is 1.95. The van der Waals surface area contributed by atoms with Gasteiger partial charge in [-0.2, -0.15) is 0 Å². The number of aliphatic imine (C=N–C) groups is 1. The maximum atomic E-state index is 12.1. The standard InChI is InChI=1S/C14H18N2OS2/c1-9-6-10(2)8-12(7-9)16-13(17)11(3)19-14-15-4-5-18-14/h6-8,11H,4-5H2,1-3H3,(H,16,17). The van der Waals surface area contributed by atoms with E-state index in [9.17, 15) is 4.79 Å². The number of carbonyl (C=O) groups excluding carboxylic acids is 1. The molecule has 0 saturated heterocycles. The minimum absolute atomic E-state index is 0.0326. The third-order valence-electron chi connectivity index (χ3n) is 2.69. The quantitative estimate of drug-likeness (QED) is 0.928. The van der Waals surface area contributed by atoms with Crippen LogP contribution in [0.5, 0.6) is 0 Å². The van der Waals surface area contributed by atoms with Crippen molar-refractivity contribution < 1.29 is 4.79 Å². The Bertz CT molecular complexity index is 494. The molecular formula is C14H18N2OS2. The van der Waals surface area contributed by atoms with Crippen LogP contribution in [-0.2, 0) is 4.79 Å². The molecule has 0 saturated carbocycles. The van der Waals surface area contributed by atoms with Crippen LogP contribution >= 0.6 is 23.5 Å². The second-order valence-electron chi connectivity index (χ2n) is 4.62. The second-order valence-corrected chi connectivity index (χ2v) is 7.29. The van der Waals surface area contributed by atoms with E-state index in [0.717, 1.165) is 33.5 Å². The highest BCUT2D eigenvalue weighted by atomic mass is 32.2. The molecular weight excluding hydrogens is 276 g/mol.